The summed E-state index contributed by atoms with van der Waals surface area (Å²) in [6.07, 6.45) is 0.764. The number of nitro benzene ring substituents is 1. The topological polar surface area (TPSA) is 112 Å². The maximum atomic E-state index is 11.2. The number of hydrogen-bond acceptors (Lipinski definition) is 4. The van der Waals surface area contributed by atoms with Crippen molar-refractivity contribution in [3.05, 3.63) is 33.9 Å². The molecule has 1 aromatic carbocycles. The zero-order chi connectivity index (χ0) is 14.7. The number of anilines is 1. The van der Waals surface area contributed by atoms with E-state index in [1.54, 1.807) is 6.07 Å². The van der Waals surface area contributed by atoms with Crippen molar-refractivity contribution in [3.8, 4) is 6.07 Å². The second kappa shape index (κ2) is 5.40. The number of nitriles is 1. The van der Waals surface area contributed by atoms with Crippen molar-refractivity contribution >= 4 is 28.3 Å². The number of nitrogens with one attached hydrogen (secondary N) is 2. The van der Waals surface area contributed by atoms with Gasteiger partial charge in [0.05, 0.1) is 16.5 Å². The monoisotopic (exact) mass is 272 g/mol. The van der Waals surface area contributed by atoms with Crippen molar-refractivity contribution in [3.63, 3.8) is 0 Å². The number of fused-ring (bicyclic) bond motifs is 1. The van der Waals surface area contributed by atoms with Crippen molar-refractivity contribution in [2.45, 2.75) is 19.8 Å². The molecular formula is C13H12N4O3. The van der Waals surface area contributed by atoms with Crippen LogP contribution in [0.3, 0.4) is 0 Å². The van der Waals surface area contributed by atoms with Crippen molar-refractivity contribution in [2.75, 3.05) is 5.32 Å². The molecule has 0 atom stereocenters. The van der Waals surface area contributed by atoms with Gasteiger partial charge in [0.25, 0.3) is 5.69 Å². The van der Waals surface area contributed by atoms with E-state index >= 15 is 0 Å². The average Bonchev–Trinajstić information content (AvgIpc) is 2.71. The largest absolute Gasteiger partial charge is 0.341 e. The van der Waals surface area contributed by atoms with Gasteiger partial charge in [-0.15, -0.1) is 0 Å². The third-order valence-electron chi connectivity index (χ3n) is 2.89. The number of carbonyl (C=O) groups is 1. The molecule has 1 heterocycles. The van der Waals surface area contributed by atoms with Crippen molar-refractivity contribution in [2.24, 2.45) is 0 Å². The van der Waals surface area contributed by atoms with Crippen LogP contribution in [0.25, 0.3) is 10.9 Å². The van der Waals surface area contributed by atoms with E-state index in [1.165, 1.54) is 19.1 Å². The molecule has 1 amide bonds. The van der Waals surface area contributed by atoms with Gasteiger partial charge in [0.1, 0.15) is 5.82 Å². The van der Waals surface area contributed by atoms with E-state index in [0.29, 0.717) is 24.2 Å². The van der Waals surface area contributed by atoms with Crippen LogP contribution in [0.2, 0.25) is 0 Å². The molecule has 7 nitrogen and oxygen atoms in total. The number of nitro groups is 1. The third-order valence-corrected chi connectivity index (χ3v) is 2.89. The Kier molecular flexibility index (Phi) is 3.66. The number of hydrogen-bond donors (Lipinski definition) is 2. The maximum absolute atomic E-state index is 11.2. The molecule has 20 heavy (non-hydrogen) atoms. The molecule has 0 aliphatic carbocycles. The molecule has 0 unspecified atom stereocenters. The van der Waals surface area contributed by atoms with E-state index in [-0.39, 0.29) is 11.6 Å². The summed E-state index contributed by atoms with van der Waals surface area (Å²) >= 11 is 0. The molecule has 0 saturated heterocycles. The summed E-state index contributed by atoms with van der Waals surface area (Å²) in [6, 6.07) is 6.49. The second-order valence-corrected chi connectivity index (χ2v) is 4.30. The van der Waals surface area contributed by atoms with Gasteiger partial charge in [-0.3, -0.25) is 14.9 Å². The molecule has 2 aromatic rings. The number of carbonyl (C=O) groups excluding carboxylic acids is 1. The van der Waals surface area contributed by atoms with Gasteiger partial charge in [-0.2, -0.15) is 5.26 Å². The van der Waals surface area contributed by atoms with Gasteiger partial charge < -0.3 is 10.3 Å². The summed E-state index contributed by atoms with van der Waals surface area (Å²) in [5.74, 6) is 0.243. The zero-order valence-electron chi connectivity index (χ0n) is 10.8. The molecule has 0 spiro atoms. The minimum absolute atomic E-state index is 0.0278. The summed E-state index contributed by atoms with van der Waals surface area (Å²) in [7, 11) is 0. The SMILES string of the molecule is CC(=O)Nc1[nH]c2cc([N+](=O)[O-])ccc2c1CCC#N. The standard InChI is InChI=1S/C13H12N4O3/c1-8(18)15-13-11(3-2-6-14)10-5-4-9(17(19)20)7-12(10)16-13/h4-5,7,16H,2-3H2,1H3,(H,15,18). The highest BCUT2D eigenvalue weighted by Crippen LogP contribution is 2.30. The number of amides is 1. The zero-order valence-corrected chi connectivity index (χ0v) is 10.8. The number of aromatic amines is 1. The quantitative estimate of drug-likeness (QED) is 0.657. The predicted octanol–water partition coefficient (Wildman–Crippen LogP) is 2.49. The molecule has 102 valence electrons. The molecule has 2 N–H and O–H groups in total. The molecule has 1 aromatic heterocycles. The molecule has 0 bridgehead atoms. The van der Waals surface area contributed by atoms with Gasteiger partial charge in [0.15, 0.2) is 0 Å². The van der Waals surface area contributed by atoms with Crippen LogP contribution in [-0.4, -0.2) is 15.8 Å². The van der Waals surface area contributed by atoms with E-state index < -0.39 is 4.92 Å². The fourth-order valence-electron chi connectivity index (χ4n) is 2.08. The molecule has 0 saturated carbocycles. The van der Waals surface area contributed by atoms with Crippen LogP contribution < -0.4 is 5.32 Å². The Morgan fingerprint density at radius 3 is 2.90 bits per heavy atom. The molecule has 2 rings (SSSR count). The Hall–Kier alpha value is -2.88. The lowest BCUT2D eigenvalue weighted by Crippen LogP contribution is -2.07. The highest BCUT2D eigenvalue weighted by Gasteiger charge is 2.15. The molecule has 0 aliphatic rings. The number of aromatic nitrogens is 1. The number of benzene rings is 1. The molecule has 7 heteroatoms. The van der Waals surface area contributed by atoms with Gasteiger partial charge in [0.2, 0.25) is 5.91 Å². The summed E-state index contributed by atoms with van der Waals surface area (Å²) in [5, 5.41) is 22.9. The number of rotatable bonds is 4. The molecule has 0 radical (unpaired) electrons. The highest BCUT2D eigenvalue weighted by molar-refractivity contribution is 5.96. The van der Waals surface area contributed by atoms with Gasteiger partial charge in [-0.1, -0.05) is 0 Å². The van der Waals surface area contributed by atoms with E-state index in [4.69, 9.17) is 5.26 Å². The Morgan fingerprint density at radius 1 is 1.55 bits per heavy atom. The average molecular weight is 272 g/mol. The smallest absolute Gasteiger partial charge is 0.271 e. The summed E-state index contributed by atoms with van der Waals surface area (Å²) < 4.78 is 0. The van der Waals surface area contributed by atoms with Crippen LogP contribution in [0.5, 0.6) is 0 Å². The molecule has 0 aliphatic heterocycles. The first-order valence-electron chi connectivity index (χ1n) is 5.96. The lowest BCUT2D eigenvalue weighted by atomic mass is 10.1. The number of H-pyrrole nitrogens is 1. The summed E-state index contributed by atoms with van der Waals surface area (Å²) in [5.41, 5.74) is 1.32. The predicted molar refractivity (Wildman–Crippen MR) is 73.2 cm³/mol. The first kappa shape index (κ1) is 13.5. The molecule has 0 fully saturated rings. The van der Waals surface area contributed by atoms with Gasteiger partial charge in [-0.25, -0.2) is 0 Å². The van der Waals surface area contributed by atoms with Crippen LogP contribution in [0.1, 0.15) is 18.9 Å². The Bertz CT molecular complexity index is 727. The minimum atomic E-state index is -0.479. The first-order chi connectivity index (χ1) is 9.52. The number of non-ortho nitro benzene ring substituents is 1. The Morgan fingerprint density at radius 2 is 2.30 bits per heavy atom. The number of aryl methyl sites for hydroxylation is 1. The number of nitrogens with zero attached hydrogens (tertiary/aromatic N) is 2. The summed E-state index contributed by atoms with van der Waals surface area (Å²) in [4.78, 5) is 24.4. The Balaban J connectivity index is 2.55. The van der Waals surface area contributed by atoms with Crippen LogP contribution in [0.4, 0.5) is 11.5 Å². The van der Waals surface area contributed by atoms with E-state index in [2.05, 4.69) is 10.3 Å². The van der Waals surface area contributed by atoms with Gasteiger partial charge in [-0.05, 0) is 12.5 Å². The van der Waals surface area contributed by atoms with Crippen LogP contribution in [0, 0.1) is 21.4 Å². The van der Waals surface area contributed by atoms with Crippen molar-refractivity contribution in [1.29, 1.82) is 5.26 Å². The van der Waals surface area contributed by atoms with E-state index in [0.717, 1.165) is 10.9 Å². The second-order valence-electron chi connectivity index (χ2n) is 4.30. The van der Waals surface area contributed by atoms with Gasteiger partial charge in [0, 0.05) is 36.4 Å². The summed E-state index contributed by atoms with van der Waals surface area (Å²) in [6.45, 7) is 1.38. The Labute approximate surface area is 114 Å². The van der Waals surface area contributed by atoms with E-state index in [1.807, 2.05) is 6.07 Å². The van der Waals surface area contributed by atoms with Crippen LogP contribution in [0.15, 0.2) is 18.2 Å². The lowest BCUT2D eigenvalue weighted by Gasteiger charge is -2.02. The molecular weight excluding hydrogens is 260 g/mol. The first-order valence-corrected chi connectivity index (χ1v) is 5.96. The fraction of sp³-hybridized carbons (Fsp3) is 0.231. The van der Waals surface area contributed by atoms with Crippen LogP contribution >= 0.6 is 0 Å². The van der Waals surface area contributed by atoms with Gasteiger partial charge >= 0.3 is 0 Å². The fourth-order valence-corrected chi connectivity index (χ4v) is 2.08. The van der Waals surface area contributed by atoms with Crippen molar-refractivity contribution in [1.82, 2.24) is 4.98 Å². The normalized spacial score (nSPS) is 10.2. The van der Waals surface area contributed by atoms with E-state index in [9.17, 15) is 14.9 Å². The lowest BCUT2D eigenvalue weighted by molar-refractivity contribution is -0.384. The van der Waals surface area contributed by atoms with Crippen molar-refractivity contribution < 1.29 is 9.72 Å². The highest BCUT2D eigenvalue weighted by atomic mass is 16.6. The third kappa shape index (κ3) is 2.59. The maximum Gasteiger partial charge on any atom is 0.271 e. The van der Waals surface area contributed by atoms with Crippen LogP contribution in [-0.2, 0) is 11.2 Å². The minimum Gasteiger partial charge on any atom is -0.341 e.